The maximum Gasteiger partial charge on any atom is 0.262 e. The van der Waals surface area contributed by atoms with Crippen LogP contribution in [0.15, 0.2) is 9.98 Å². The van der Waals surface area contributed by atoms with Crippen LogP contribution in [0.4, 0.5) is 0 Å². The first-order valence-corrected chi connectivity index (χ1v) is 7.64. The molecule has 0 heterocycles. The summed E-state index contributed by atoms with van der Waals surface area (Å²) in [7, 11) is 1.56. The number of aliphatic imine (C=N–C) groups is 2. The first-order valence-electron chi connectivity index (χ1n) is 6.49. The molecule has 0 aliphatic heterocycles. The van der Waals surface area contributed by atoms with Crippen LogP contribution in [0, 0.1) is 0 Å². The molecule has 7 heteroatoms. The molecule has 0 rings (SSSR count). The Labute approximate surface area is 119 Å². The van der Waals surface area contributed by atoms with E-state index in [2.05, 4.69) is 32.9 Å². The van der Waals surface area contributed by atoms with Gasteiger partial charge in [0.25, 0.3) is 5.91 Å². The number of carbonyl (C=O) groups is 1. The van der Waals surface area contributed by atoms with E-state index < -0.39 is 0 Å². The number of nitrogens with zero attached hydrogens (tertiary/aromatic N) is 2. The van der Waals surface area contributed by atoms with Crippen LogP contribution in [0.3, 0.4) is 0 Å². The van der Waals surface area contributed by atoms with Gasteiger partial charge in [0, 0.05) is 32.4 Å². The van der Waals surface area contributed by atoms with Gasteiger partial charge in [-0.15, -0.1) is 0 Å². The lowest BCUT2D eigenvalue weighted by Gasteiger charge is -2.09. The second-order valence-corrected chi connectivity index (χ2v) is 5.13. The molecule has 0 spiro atoms. The smallest absolute Gasteiger partial charge is 0.262 e. The highest BCUT2D eigenvalue weighted by Crippen LogP contribution is 1.94. The lowest BCUT2D eigenvalue weighted by atomic mass is 10.5. The lowest BCUT2D eigenvalue weighted by molar-refractivity contribution is -0.113. The Morgan fingerprint density at radius 1 is 1.37 bits per heavy atom. The zero-order valence-electron chi connectivity index (χ0n) is 12.0. The zero-order valence-corrected chi connectivity index (χ0v) is 12.8. The maximum absolute atomic E-state index is 10.8. The first-order chi connectivity index (χ1) is 9.20. The summed E-state index contributed by atoms with van der Waals surface area (Å²) in [6.07, 6.45) is 2.58. The summed E-state index contributed by atoms with van der Waals surface area (Å²) >= 11 is 1.94. The summed E-state index contributed by atoms with van der Waals surface area (Å²) in [6.45, 7) is 6.92. The molecule has 1 unspecified atom stereocenters. The molecule has 0 aromatic heterocycles. The lowest BCUT2D eigenvalue weighted by Crippen LogP contribution is -2.33. The third-order valence-corrected chi connectivity index (χ3v) is 3.07. The number of carbonyl (C=O) groups excluding carboxylic acids is 1. The van der Waals surface area contributed by atoms with E-state index in [-0.39, 0.29) is 12.1 Å². The molecule has 1 atom stereocenters. The summed E-state index contributed by atoms with van der Waals surface area (Å²) < 4.78 is 0. The van der Waals surface area contributed by atoms with E-state index >= 15 is 0 Å². The topological polar surface area (TPSA) is 77.9 Å². The molecule has 6 nitrogen and oxygen atoms in total. The molecule has 110 valence electrons. The Morgan fingerprint density at radius 3 is 2.84 bits per heavy atom. The Balaban J connectivity index is 3.48. The van der Waals surface area contributed by atoms with Gasteiger partial charge in [-0.05, 0) is 12.7 Å². The van der Waals surface area contributed by atoms with Crippen molar-refractivity contribution in [2.45, 2.75) is 20.0 Å². The minimum Gasteiger partial charge on any atom is -0.354 e. The molecule has 0 radical (unpaired) electrons. The highest BCUT2D eigenvalue weighted by atomic mass is 32.2. The summed E-state index contributed by atoms with van der Waals surface area (Å²) in [5, 5.41) is 9.02. The summed E-state index contributed by atoms with van der Waals surface area (Å²) in [5.74, 6) is 2.09. The van der Waals surface area contributed by atoms with Crippen molar-refractivity contribution >= 4 is 30.2 Å². The average molecular weight is 287 g/mol. The number of thioether (sulfide) groups is 1. The monoisotopic (exact) mass is 287 g/mol. The normalized spacial score (nSPS) is 13.2. The predicted octanol–water partition coefficient (Wildman–Crippen LogP) is 0.110. The fraction of sp³-hybridized carbons (Fsp3) is 0.750. The standard InChI is InChI=1S/C12H25N5OS/c1-4-19-8-7-14-5-6-16-11(2)17-10-15-9-12(18)13-3/h9-11,14,16H,4-8H2,1-3H3,(H,13,18)/b15-9+,17-10-. The molecular weight excluding hydrogens is 262 g/mol. The van der Waals surface area contributed by atoms with Crippen molar-refractivity contribution in [3.8, 4) is 0 Å². The zero-order chi connectivity index (χ0) is 14.3. The fourth-order valence-electron chi connectivity index (χ4n) is 1.14. The molecular formula is C12H25N5OS. The summed E-state index contributed by atoms with van der Waals surface area (Å²) in [5.41, 5.74) is 0. The van der Waals surface area contributed by atoms with Crippen LogP contribution >= 0.6 is 11.8 Å². The second-order valence-electron chi connectivity index (χ2n) is 3.73. The van der Waals surface area contributed by atoms with E-state index in [1.165, 1.54) is 18.3 Å². The Morgan fingerprint density at radius 2 is 2.16 bits per heavy atom. The van der Waals surface area contributed by atoms with Crippen LogP contribution < -0.4 is 16.0 Å². The van der Waals surface area contributed by atoms with E-state index in [0.29, 0.717) is 0 Å². The van der Waals surface area contributed by atoms with Gasteiger partial charge >= 0.3 is 0 Å². The third-order valence-electron chi connectivity index (χ3n) is 2.16. The molecule has 0 fully saturated rings. The van der Waals surface area contributed by atoms with E-state index in [4.69, 9.17) is 0 Å². The largest absolute Gasteiger partial charge is 0.354 e. The molecule has 1 amide bonds. The SMILES string of the molecule is CCSCCNCCNC(C)/N=C\N=C\C(=O)NC. The summed E-state index contributed by atoms with van der Waals surface area (Å²) in [4.78, 5) is 18.7. The fourth-order valence-corrected chi connectivity index (χ4v) is 1.72. The van der Waals surface area contributed by atoms with Crippen molar-refractivity contribution in [2.24, 2.45) is 9.98 Å². The van der Waals surface area contributed by atoms with Crippen molar-refractivity contribution in [2.75, 3.05) is 38.2 Å². The molecule has 0 aliphatic rings. The molecule has 0 saturated heterocycles. The van der Waals surface area contributed by atoms with Crippen LogP contribution in [-0.2, 0) is 4.79 Å². The van der Waals surface area contributed by atoms with Crippen LogP contribution in [0.1, 0.15) is 13.8 Å². The van der Waals surface area contributed by atoms with E-state index in [1.807, 2.05) is 18.7 Å². The first kappa shape index (κ1) is 18.1. The number of amides is 1. The molecule has 19 heavy (non-hydrogen) atoms. The van der Waals surface area contributed by atoms with Crippen molar-refractivity contribution in [3.63, 3.8) is 0 Å². The molecule has 0 aromatic carbocycles. The Bertz CT molecular complexity index is 283. The van der Waals surface area contributed by atoms with Gasteiger partial charge in [-0.1, -0.05) is 6.92 Å². The van der Waals surface area contributed by atoms with Gasteiger partial charge in [-0.2, -0.15) is 11.8 Å². The highest BCUT2D eigenvalue weighted by molar-refractivity contribution is 7.99. The van der Waals surface area contributed by atoms with Gasteiger partial charge in [0.1, 0.15) is 6.34 Å². The van der Waals surface area contributed by atoms with Crippen molar-refractivity contribution in [1.82, 2.24) is 16.0 Å². The van der Waals surface area contributed by atoms with Gasteiger partial charge in [-0.25, -0.2) is 4.99 Å². The van der Waals surface area contributed by atoms with Crippen LogP contribution in [0.2, 0.25) is 0 Å². The van der Waals surface area contributed by atoms with E-state index in [0.717, 1.165) is 25.4 Å². The van der Waals surface area contributed by atoms with Crippen LogP contribution in [0.25, 0.3) is 0 Å². The molecule has 0 aromatic rings. The van der Waals surface area contributed by atoms with Crippen LogP contribution in [0.5, 0.6) is 0 Å². The van der Waals surface area contributed by atoms with Gasteiger partial charge in [0.15, 0.2) is 0 Å². The minimum atomic E-state index is -0.235. The van der Waals surface area contributed by atoms with Crippen molar-refractivity contribution < 1.29 is 4.79 Å². The second kappa shape index (κ2) is 13.5. The minimum absolute atomic E-state index is 0.00588. The number of rotatable bonds is 11. The number of nitrogens with one attached hydrogen (secondary N) is 3. The van der Waals surface area contributed by atoms with Gasteiger partial charge < -0.3 is 10.6 Å². The Hall–Kier alpha value is -0.920. The molecule has 0 saturated carbocycles. The third kappa shape index (κ3) is 13.3. The Kier molecular flexibility index (Phi) is 12.9. The quantitative estimate of drug-likeness (QED) is 0.286. The van der Waals surface area contributed by atoms with E-state index in [1.54, 1.807) is 7.05 Å². The number of hydrogen-bond donors (Lipinski definition) is 3. The van der Waals surface area contributed by atoms with E-state index in [9.17, 15) is 4.79 Å². The van der Waals surface area contributed by atoms with Crippen LogP contribution in [-0.4, -0.2) is 62.8 Å². The highest BCUT2D eigenvalue weighted by Gasteiger charge is 1.95. The molecule has 0 bridgehead atoms. The number of hydrogen-bond acceptors (Lipinski definition) is 5. The maximum atomic E-state index is 10.8. The van der Waals surface area contributed by atoms with Crippen molar-refractivity contribution in [3.05, 3.63) is 0 Å². The average Bonchev–Trinajstić information content (AvgIpc) is 2.42. The molecule has 3 N–H and O–H groups in total. The van der Waals surface area contributed by atoms with Gasteiger partial charge in [-0.3, -0.25) is 15.1 Å². The van der Waals surface area contributed by atoms with Gasteiger partial charge in [0.2, 0.25) is 0 Å². The summed E-state index contributed by atoms with van der Waals surface area (Å²) in [6, 6.07) is 0. The van der Waals surface area contributed by atoms with Crippen molar-refractivity contribution in [1.29, 1.82) is 0 Å². The molecule has 0 aliphatic carbocycles. The van der Waals surface area contributed by atoms with Gasteiger partial charge in [0.05, 0.1) is 12.4 Å². The predicted molar refractivity (Wildman–Crippen MR) is 84.4 cm³/mol.